The number of likely N-dealkylation sites (N-methyl/N-ethyl adjacent to an activating group) is 1. The molecule has 0 rings (SSSR count). The van der Waals surface area contributed by atoms with Crippen LogP contribution in [0.1, 0.15) is 206 Å². The van der Waals surface area contributed by atoms with E-state index in [0.717, 1.165) is 44.9 Å². The third-order valence-corrected chi connectivity index (χ3v) is 10.0. The highest BCUT2D eigenvalue weighted by Crippen LogP contribution is 2.15. The van der Waals surface area contributed by atoms with Crippen molar-refractivity contribution in [1.29, 1.82) is 0 Å². The van der Waals surface area contributed by atoms with E-state index in [2.05, 4.69) is 26.0 Å². The predicted octanol–water partition coefficient (Wildman–Crippen LogP) is 10.6. The lowest BCUT2D eigenvalue weighted by atomic mass is 10.0. The standard InChI is InChI=1S/C46H87NO8/c1-6-8-10-12-14-16-18-20-21-22-23-25-27-29-31-33-35-37-44(49)55-42(41-54-46(45(50)51)52-39-38-47(3,4)5)40-53-43(48)36-34-32-30-28-26-24-19-17-15-13-11-9-7-2/h20-21,42,46H,6-19,22-41H2,1-5H3/b21-20-. The highest BCUT2D eigenvalue weighted by Gasteiger charge is 2.21. The summed E-state index contributed by atoms with van der Waals surface area (Å²) in [5, 5.41) is 11.7. The fourth-order valence-electron chi connectivity index (χ4n) is 6.41. The van der Waals surface area contributed by atoms with Crippen molar-refractivity contribution in [1.82, 2.24) is 0 Å². The number of rotatable bonds is 42. The van der Waals surface area contributed by atoms with E-state index >= 15 is 0 Å². The van der Waals surface area contributed by atoms with Gasteiger partial charge in [0, 0.05) is 12.8 Å². The smallest absolute Gasteiger partial charge is 0.306 e. The maximum Gasteiger partial charge on any atom is 0.306 e. The van der Waals surface area contributed by atoms with Gasteiger partial charge in [-0.3, -0.25) is 9.59 Å². The first kappa shape index (κ1) is 53.0. The molecule has 0 N–H and O–H groups in total. The van der Waals surface area contributed by atoms with Gasteiger partial charge in [0.25, 0.3) is 0 Å². The number of carboxylic acid groups (broad SMARTS) is 1. The molecule has 55 heavy (non-hydrogen) atoms. The number of hydrogen-bond acceptors (Lipinski definition) is 8. The Morgan fingerprint density at radius 1 is 0.527 bits per heavy atom. The molecule has 0 aliphatic rings. The molecule has 0 saturated carbocycles. The molecule has 9 nitrogen and oxygen atoms in total. The molecule has 0 aromatic rings. The summed E-state index contributed by atoms with van der Waals surface area (Å²) in [4.78, 5) is 36.9. The highest BCUT2D eigenvalue weighted by atomic mass is 16.7. The van der Waals surface area contributed by atoms with E-state index in [1.165, 1.54) is 128 Å². The minimum atomic E-state index is -1.62. The number of esters is 2. The minimum absolute atomic E-state index is 0.150. The lowest BCUT2D eigenvalue weighted by Gasteiger charge is -2.26. The van der Waals surface area contributed by atoms with Crippen molar-refractivity contribution in [2.24, 2.45) is 0 Å². The molecule has 0 heterocycles. The van der Waals surface area contributed by atoms with Crippen molar-refractivity contribution in [2.75, 3.05) is 47.5 Å². The summed E-state index contributed by atoms with van der Waals surface area (Å²) < 4.78 is 22.6. The van der Waals surface area contributed by atoms with Crippen LogP contribution in [0.5, 0.6) is 0 Å². The number of carboxylic acids is 1. The fourth-order valence-corrected chi connectivity index (χ4v) is 6.41. The van der Waals surface area contributed by atoms with E-state index in [1.54, 1.807) is 0 Å². The van der Waals surface area contributed by atoms with Crippen molar-refractivity contribution in [3.63, 3.8) is 0 Å². The molecule has 0 aromatic carbocycles. The van der Waals surface area contributed by atoms with Crippen molar-refractivity contribution < 1.29 is 42.9 Å². The summed E-state index contributed by atoms with van der Waals surface area (Å²) in [5.41, 5.74) is 0. The molecular formula is C46H87NO8. The largest absolute Gasteiger partial charge is 0.545 e. The molecule has 2 atom stereocenters. The number of allylic oxidation sites excluding steroid dienone is 2. The van der Waals surface area contributed by atoms with Crippen molar-refractivity contribution in [3.8, 4) is 0 Å². The monoisotopic (exact) mass is 782 g/mol. The summed E-state index contributed by atoms with van der Waals surface area (Å²) in [6.45, 7) is 4.75. The number of carbonyl (C=O) groups excluding carboxylic acids is 3. The number of quaternary nitrogens is 1. The Labute approximate surface area is 338 Å². The molecule has 0 fully saturated rings. The molecular weight excluding hydrogens is 695 g/mol. The third kappa shape index (κ3) is 40.0. The maximum absolute atomic E-state index is 12.7. The second kappa shape index (κ2) is 38.9. The molecule has 0 bridgehead atoms. The van der Waals surface area contributed by atoms with Crippen LogP contribution in [-0.2, 0) is 33.3 Å². The minimum Gasteiger partial charge on any atom is -0.545 e. The van der Waals surface area contributed by atoms with Gasteiger partial charge in [-0.25, -0.2) is 0 Å². The van der Waals surface area contributed by atoms with E-state index in [1.807, 2.05) is 21.1 Å². The molecule has 0 saturated heterocycles. The summed E-state index contributed by atoms with van der Waals surface area (Å²) in [7, 11) is 5.91. The number of aliphatic carboxylic acids is 1. The van der Waals surface area contributed by atoms with Gasteiger partial charge in [-0.1, -0.05) is 167 Å². The first-order valence-electron chi connectivity index (χ1n) is 22.8. The van der Waals surface area contributed by atoms with Crippen LogP contribution in [-0.4, -0.2) is 82.3 Å². The second-order valence-corrected chi connectivity index (χ2v) is 16.7. The normalized spacial score (nSPS) is 13.0. The van der Waals surface area contributed by atoms with Gasteiger partial charge in [0.15, 0.2) is 12.4 Å². The quantitative estimate of drug-likeness (QED) is 0.0198. The molecule has 0 aromatic heterocycles. The van der Waals surface area contributed by atoms with Crippen LogP contribution in [0, 0.1) is 0 Å². The average molecular weight is 782 g/mol. The van der Waals surface area contributed by atoms with E-state index < -0.39 is 24.3 Å². The van der Waals surface area contributed by atoms with Crippen molar-refractivity contribution in [3.05, 3.63) is 12.2 Å². The molecule has 0 aliphatic carbocycles. The van der Waals surface area contributed by atoms with Crippen LogP contribution in [0.15, 0.2) is 12.2 Å². The molecule has 0 amide bonds. The predicted molar refractivity (Wildman–Crippen MR) is 223 cm³/mol. The number of unbranched alkanes of at least 4 members (excludes halogenated alkanes) is 25. The number of nitrogens with zero attached hydrogens (tertiary/aromatic N) is 1. The van der Waals surface area contributed by atoms with E-state index in [9.17, 15) is 19.5 Å². The summed E-state index contributed by atoms with van der Waals surface area (Å²) in [6.07, 6.45) is 36.6. The SMILES string of the molecule is CCCCCCCC/C=C\CCCCCCCCCC(=O)OC(COC(=O)CCCCCCCCCCCCCCC)COC(OCC[N+](C)(C)C)C(=O)[O-]. The van der Waals surface area contributed by atoms with E-state index in [-0.39, 0.29) is 32.2 Å². The Morgan fingerprint density at radius 2 is 0.927 bits per heavy atom. The highest BCUT2D eigenvalue weighted by molar-refractivity contribution is 5.70. The van der Waals surface area contributed by atoms with Gasteiger partial charge in [0.05, 0.1) is 40.3 Å². The zero-order chi connectivity index (χ0) is 40.7. The molecule has 324 valence electrons. The van der Waals surface area contributed by atoms with Crippen LogP contribution in [0.3, 0.4) is 0 Å². The van der Waals surface area contributed by atoms with Gasteiger partial charge in [0.2, 0.25) is 0 Å². The first-order chi connectivity index (χ1) is 26.6. The van der Waals surface area contributed by atoms with Crippen LogP contribution >= 0.6 is 0 Å². The Morgan fingerprint density at radius 3 is 1.35 bits per heavy atom. The number of carbonyl (C=O) groups is 3. The van der Waals surface area contributed by atoms with Crippen LogP contribution < -0.4 is 5.11 Å². The van der Waals surface area contributed by atoms with Gasteiger partial charge in [-0.2, -0.15) is 0 Å². The van der Waals surface area contributed by atoms with Gasteiger partial charge in [0.1, 0.15) is 13.2 Å². The van der Waals surface area contributed by atoms with E-state index in [4.69, 9.17) is 18.9 Å². The second-order valence-electron chi connectivity index (χ2n) is 16.7. The van der Waals surface area contributed by atoms with Gasteiger partial charge in [-0.15, -0.1) is 0 Å². The Balaban J connectivity index is 4.41. The van der Waals surface area contributed by atoms with Crippen molar-refractivity contribution >= 4 is 17.9 Å². The van der Waals surface area contributed by atoms with Gasteiger partial charge in [-0.05, 0) is 38.5 Å². The Bertz CT molecular complexity index is 918. The Hall–Kier alpha value is -1.97. The van der Waals surface area contributed by atoms with E-state index in [0.29, 0.717) is 23.9 Å². The molecule has 2 unspecified atom stereocenters. The zero-order valence-corrected chi connectivity index (χ0v) is 36.6. The van der Waals surface area contributed by atoms with Crippen molar-refractivity contribution in [2.45, 2.75) is 219 Å². The number of ether oxygens (including phenoxy) is 4. The lowest BCUT2D eigenvalue weighted by Crippen LogP contribution is -2.44. The summed E-state index contributed by atoms with van der Waals surface area (Å²) in [6, 6.07) is 0. The fraction of sp³-hybridized carbons (Fsp3) is 0.891. The topological polar surface area (TPSA) is 111 Å². The third-order valence-electron chi connectivity index (χ3n) is 10.0. The summed E-state index contributed by atoms with van der Waals surface area (Å²) in [5.74, 6) is -2.28. The number of hydrogen-bond donors (Lipinski definition) is 0. The Kier molecular flexibility index (Phi) is 37.5. The lowest BCUT2D eigenvalue weighted by molar-refractivity contribution is -0.870. The molecule has 0 spiro atoms. The zero-order valence-electron chi connectivity index (χ0n) is 36.6. The van der Waals surface area contributed by atoms with Crippen LogP contribution in [0.4, 0.5) is 0 Å². The first-order valence-corrected chi connectivity index (χ1v) is 22.8. The van der Waals surface area contributed by atoms with Gasteiger partial charge < -0.3 is 33.3 Å². The summed E-state index contributed by atoms with van der Waals surface area (Å²) >= 11 is 0. The molecule has 0 aliphatic heterocycles. The van der Waals surface area contributed by atoms with Crippen LogP contribution in [0.25, 0.3) is 0 Å². The molecule has 0 radical (unpaired) electrons. The van der Waals surface area contributed by atoms with Gasteiger partial charge >= 0.3 is 11.9 Å². The van der Waals surface area contributed by atoms with Crippen LogP contribution in [0.2, 0.25) is 0 Å². The average Bonchev–Trinajstić information content (AvgIpc) is 3.14. The maximum atomic E-state index is 12.7. The molecule has 9 heteroatoms.